The maximum atomic E-state index is 13.7. The molecule has 2 aromatic heterocycles. The average Bonchev–Trinajstić information content (AvgIpc) is 3.15. The van der Waals surface area contributed by atoms with E-state index in [4.69, 9.17) is 12.2 Å². The highest BCUT2D eigenvalue weighted by molar-refractivity contribution is 7.80. The van der Waals surface area contributed by atoms with E-state index >= 15 is 0 Å². The van der Waals surface area contributed by atoms with E-state index in [0.29, 0.717) is 29.6 Å². The van der Waals surface area contributed by atoms with Crippen molar-refractivity contribution in [3.63, 3.8) is 0 Å². The Morgan fingerprint density at radius 3 is 2.76 bits per heavy atom. The number of hydrogen-bond donors (Lipinski definition) is 2. The van der Waals surface area contributed by atoms with E-state index in [1.165, 1.54) is 6.07 Å². The molecule has 3 rings (SSSR count). The summed E-state index contributed by atoms with van der Waals surface area (Å²) in [7, 11) is 1.90. The Morgan fingerprint density at radius 1 is 1.24 bits per heavy atom. The number of anilines is 1. The van der Waals surface area contributed by atoms with Crippen molar-refractivity contribution in [1.29, 1.82) is 0 Å². The Labute approximate surface area is 150 Å². The molecule has 25 heavy (non-hydrogen) atoms. The quantitative estimate of drug-likeness (QED) is 0.687. The molecule has 0 atom stereocenters. The van der Waals surface area contributed by atoms with E-state index in [9.17, 15) is 4.39 Å². The van der Waals surface area contributed by atoms with Crippen molar-refractivity contribution in [3.8, 4) is 0 Å². The van der Waals surface area contributed by atoms with Crippen LogP contribution in [0.2, 0.25) is 0 Å². The van der Waals surface area contributed by atoms with Gasteiger partial charge in [0.1, 0.15) is 5.82 Å². The minimum absolute atomic E-state index is 0.239. The van der Waals surface area contributed by atoms with Gasteiger partial charge in [0.05, 0.1) is 12.7 Å². The Bertz CT molecular complexity index is 885. The third kappa shape index (κ3) is 4.21. The molecule has 1 aromatic carbocycles. The first kappa shape index (κ1) is 17.1. The van der Waals surface area contributed by atoms with Gasteiger partial charge in [0.15, 0.2) is 10.9 Å². The van der Waals surface area contributed by atoms with Gasteiger partial charge in [-0.15, -0.1) is 0 Å². The van der Waals surface area contributed by atoms with Gasteiger partial charge in [0.25, 0.3) is 0 Å². The molecule has 0 radical (unpaired) electrons. The fraction of sp³-hybridized carbons (Fsp3) is 0.235. The molecule has 0 saturated heterocycles. The first-order valence-corrected chi connectivity index (χ1v) is 8.23. The van der Waals surface area contributed by atoms with E-state index in [2.05, 4.69) is 20.8 Å². The van der Waals surface area contributed by atoms with Crippen LogP contribution in [0.15, 0.2) is 42.7 Å². The van der Waals surface area contributed by atoms with Crippen LogP contribution in [-0.4, -0.2) is 24.7 Å². The molecule has 0 amide bonds. The third-order valence-electron chi connectivity index (χ3n) is 3.95. The van der Waals surface area contributed by atoms with Crippen LogP contribution in [0.5, 0.6) is 0 Å². The summed E-state index contributed by atoms with van der Waals surface area (Å²) in [6.45, 7) is 2.95. The Kier molecular flexibility index (Phi) is 5.08. The average molecular weight is 358 g/mol. The van der Waals surface area contributed by atoms with Gasteiger partial charge in [-0.05, 0) is 25.2 Å². The number of hydrogen-bond acceptors (Lipinski definition) is 3. The summed E-state index contributed by atoms with van der Waals surface area (Å²) in [5.74, 6) is 0.369. The topological polar surface area (TPSA) is 59.7 Å². The number of rotatable bonds is 5. The number of benzene rings is 1. The van der Waals surface area contributed by atoms with Crippen LogP contribution in [0, 0.1) is 12.7 Å². The van der Waals surface area contributed by atoms with Crippen LogP contribution in [0.25, 0.3) is 0 Å². The summed E-state index contributed by atoms with van der Waals surface area (Å²) >= 11 is 5.29. The zero-order chi connectivity index (χ0) is 17.8. The molecule has 0 unspecified atom stereocenters. The Balaban J connectivity index is 1.55. The highest BCUT2D eigenvalue weighted by Crippen LogP contribution is 2.10. The van der Waals surface area contributed by atoms with Gasteiger partial charge in [-0.3, -0.25) is 9.36 Å². The van der Waals surface area contributed by atoms with Crippen LogP contribution in [-0.2, 0) is 20.1 Å². The van der Waals surface area contributed by atoms with Gasteiger partial charge in [-0.1, -0.05) is 18.2 Å². The zero-order valence-corrected chi connectivity index (χ0v) is 14.8. The first-order valence-electron chi connectivity index (χ1n) is 7.82. The van der Waals surface area contributed by atoms with Crippen LogP contribution in [0.4, 0.5) is 10.2 Å². The minimum atomic E-state index is -0.239. The fourth-order valence-corrected chi connectivity index (χ4v) is 2.55. The maximum absolute atomic E-state index is 13.7. The van der Waals surface area contributed by atoms with Gasteiger partial charge in [0, 0.05) is 42.7 Å². The smallest absolute Gasteiger partial charge is 0.172 e. The van der Waals surface area contributed by atoms with Crippen molar-refractivity contribution in [2.75, 3.05) is 5.32 Å². The first-order chi connectivity index (χ1) is 12.0. The van der Waals surface area contributed by atoms with Crippen LogP contribution >= 0.6 is 12.2 Å². The van der Waals surface area contributed by atoms with Crippen molar-refractivity contribution in [1.82, 2.24) is 24.9 Å². The summed E-state index contributed by atoms with van der Waals surface area (Å²) in [6, 6.07) is 8.46. The molecule has 0 aliphatic rings. The normalized spacial score (nSPS) is 10.7. The SMILES string of the molecule is Cc1c(CNC(=S)Nc2ccn(Cc3ccccc3F)n2)cnn1C. The van der Waals surface area contributed by atoms with Gasteiger partial charge in [-0.25, -0.2) is 4.39 Å². The van der Waals surface area contributed by atoms with Crippen molar-refractivity contribution in [3.05, 3.63) is 65.4 Å². The lowest BCUT2D eigenvalue weighted by molar-refractivity contribution is 0.586. The number of nitrogens with zero attached hydrogens (tertiary/aromatic N) is 4. The lowest BCUT2D eigenvalue weighted by Gasteiger charge is -2.08. The summed E-state index contributed by atoms with van der Waals surface area (Å²) in [5.41, 5.74) is 2.76. The second-order valence-electron chi connectivity index (χ2n) is 5.68. The van der Waals surface area contributed by atoms with E-state index < -0.39 is 0 Å². The molecular weight excluding hydrogens is 339 g/mol. The molecule has 8 heteroatoms. The second kappa shape index (κ2) is 7.43. The molecule has 0 saturated carbocycles. The fourth-order valence-electron chi connectivity index (χ4n) is 2.37. The van der Waals surface area contributed by atoms with Gasteiger partial charge >= 0.3 is 0 Å². The molecular formula is C17H19FN6S. The van der Waals surface area contributed by atoms with Crippen molar-refractivity contribution >= 4 is 23.1 Å². The standard InChI is InChI=1S/C17H19FN6S/c1-12-14(10-20-23(12)2)9-19-17(25)21-16-7-8-24(22-16)11-13-5-3-4-6-15(13)18/h3-8,10H,9,11H2,1-2H3,(H2,19,21,22,25). The molecule has 130 valence electrons. The number of halogens is 1. The van der Waals surface area contributed by atoms with Crippen molar-refractivity contribution in [2.24, 2.45) is 7.05 Å². The number of aromatic nitrogens is 4. The van der Waals surface area contributed by atoms with Crippen LogP contribution < -0.4 is 10.6 Å². The molecule has 0 spiro atoms. The highest BCUT2D eigenvalue weighted by Gasteiger charge is 2.07. The number of aryl methyl sites for hydroxylation is 1. The number of thiocarbonyl (C=S) groups is 1. The maximum Gasteiger partial charge on any atom is 0.172 e. The largest absolute Gasteiger partial charge is 0.358 e. The molecule has 0 aliphatic heterocycles. The lowest BCUT2D eigenvalue weighted by atomic mass is 10.2. The molecule has 0 aliphatic carbocycles. The van der Waals surface area contributed by atoms with E-state index in [1.54, 1.807) is 35.1 Å². The third-order valence-corrected chi connectivity index (χ3v) is 4.20. The molecule has 0 fully saturated rings. The van der Waals surface area contributed by atoms with Crippen molar-refractivity contribution in [2.45, 2.75) is 20.0 Å². The molecule has 0 bridgehead atoms. The van der Waals surface area contributed by atoms with E-state index in [1.807, 2.05) is 24.9 Å². The Hall–Kier alpha value is -2.74. The van der Waals surface area contributed by atoms with Crippen LogP contribution in [0.1, 0.15) is 16.8 Å². The molecule has 6 nitrogen and oxygen atoms in total. The van der Waals surface area contributed by atoms with Gasteiger partial charge < -0.3 is 10.6 Å². The van der Waals surface area contributed by atoms with Gasteiger partial charge in [0.2, 0.25) is 0 Å². The monoisotopic (exact) mass is 358 g/mol. The summed E-state index contributed by atoms with van der Waals surface area (Å²) < 4.78 is 17.2. The summed E-state index contributed by atoms with van der Waals surface area (Å²) in [4.78, 5) is 0. The van der Waals surface area contributed by atoms with Gasteiger partial charge in [-0.2, -0.15) is 10.2 Å². The predicted molar refractivity (Wildman–Crippen MR) is 98.7 cm³/mol. The molecule has 3 aromatic rings. The molecule has 2 heterocycles. The van der Waals surface area contributed by atoms with Crippen molar-refractivity contribution < 1.29 is 4.39 Å². The summed E-state index contributed by atoms with van der Waals surface area (Å²) in [5, 5.41) is 15.2. The van der Waals surface area contributed by atoms with E-state index in [0.717, 1.165) is 11.3 Å². The number of nitrogens with one attached hydrogen (secondary N) is 2. The second-order valence-corrected chi connectivity index (χ2v) is 6.08. The lowest BCUT2D eigenvalue weighted by Crippen LogP contribution is -2.28. The van der Waals surface area contributed by atoms with E-state index in [-0.39, 0.29) is 5.82 Å². The summed E-state index contributed by atoms with van der Waals surface area (Å²) in [6.07, 6.45) is 3.59. The highest BCUT2D eigenvalue weighted by atomic mass is 32.1. The Morgan fingerprint density at radius 2 is 2.04 bits per heavy atom. The zero-order valence-electron chi connectivity index (χ0n) is 14.0. The molecule has 2 N–H and O–H groups in total. The minimum Gasteiger partial charge on any atom is -0.358 e. The van der Waals surface area contributed by atoms with Crippen LogP contribution in [0.3, 0.4) is 0 Å². The predicted octanol–water partition coefficient (Wildman–Crippen LogP) is 2.60.